The lowest BCUT2D eigenvalue weighted by atomic mass is 9.92. The molecule has 6 nitrogen and oxygen atoms in total. The zero-order valence-electron chi connectivity index (χ0n) is 15.9. The van der Waals surface area contributed by atoms with Crippen LogP contribution in [0.5, 0.6) is 0 Å². The van der Waals surface area contributed by atoms with E-state index < -0.39 is 10.1 Å². The van der Waals surface area contributed by atoms with Gasteiger partial charge in [-0.15, -0.1) is 0 Å². The lowest BCUT2D eigenvalue weighted by molar-refractivity contribution is 0.0913. The molecule has 0 heterocycles. The summed E-state index contributed by atoms with van der Waals surface area (Å²) in [5, 5.41) is 2.78. The predicted molar refractivity (Wildman–Crippen MR) is 114 cm³/mol. The normalized spacial score (nSPS) is 11.4. The summed E-state index contributed by atoms with van der Waals surface area (Å²) in [6, 6.07) is 11.4. The fourth-order valence-corrected chi connectivity index (χ4v) is 3.60. The Kier molecular flexibility index (Phi) is 8.69. The first-order valence-electron chi connectivity index (χ1n) is 8.94. The van der Waals surface area contributed by atoms with Gasteiger partial charge < -0.3 is 10.1 Å². The SMILES string of the molecule is Bc1ccc(C(=O)NCCOCCC)c(COS(=O)(=O)c2ccc(Br)cc2)c1. The van der Waals surface area contributed by atoms with Crippen LogP contribution in [0.15, 0.2) is 51.8 Å². The van der Waals surface area contributed by atoms with Crippen molar-refractivity contribution < 1.29 is 22.1 Å². The van der Waals surface area contributed by atoms with Crippen LogP contribution in [0.4, 0.5) is 0 Å². The molecule has 0 bridgehead atoms. The van der Waals surface area contributed by atoms with Gasteiger partial charge in [-0.05, 0) is 42.3 Å². The monoisotopic (exact) mass is 467 g/mol. The highest BCUT2D eigenvalue weighted by Crippen LogP contribution is 2.19. The number of ether oxygens (including phenoxy) is 1. The van der Waals surface area contributed by atoms with Gasteiger partial charge in [0.1, 0.15) is 7.85 Å². The Morgan fingerprint density at radius 1 is 1.14 bits per heavy atom. The minimum atomic E-state index is -3.93. The van der Waals surface area contributed by atoms with Crippen molar-refractivity contribution in [1.82, 2.24) is 5.32 Å². The number of carbonyl (C=O) groups excluding carboxylic acids is 1. The van der Waals surface area contributed by atoms with Crippen LogP contribution in [0, 0.1) is 0 Å². The molecule has 0 saturated carbocycles. The van der Waals surface area contributed by atoms with Gasteiger partial charge in [0.25, 0.3) is 16.0 Å². The van der Waals surface area contributed by atoms with Crippen molar-refractivity contribution >= 4 is 45.3 Å². The minimum Gasteiger partial charge on any atom is -0.380 e. The molecular weight excluding hydrogens is 445 g/mol. The standard InChI is InChI=1S/C19H23BBrNO5S/c1-2-10-26-11-9-22-19(23)18-8-3-15(20)12-14(18)13-27-28(24,25)17-6-4-16(21)5-7-17/h3-8,12H,2,9-11,13,20H2,1H3,(H,22,23). The van der Waals surface area contributed by atoms with Crippen LogP contribution in [0.25, 0.3) is 0 Å². The van der Waals surface area contributed by atoms with Crippen molar-refractivity contribution in [3.05, 3.63) is 58.1 Å². The molecule has 0 saturated heterocycles. The van der Waals surface area contributed by atoms with Gasteiger partial charge in [-0.1, -0.05) is 40.4 Å². The van der Waals surface area contributed by atoms with Crippen LogP contribution in [-0.2, 0) is 25.6 Å². The topological polar surface area (TPSA) is 81.7 Å². The largest absolute Gasteiger partial charge is 0.380 e. The Bertz CT molecular complexity index is 903. The van der Waals surface area contributed by atoms with Crippen molar-refractivity contribution in [2.75, 3.05) is 19.8 Å². The number of amides is 1. The van der Waals surface area contributed by atoms with Gasteiger partial charge in [0.05, 0.1) is 18.1 Å². The van der Waals surface area contributed by atoms with Crippen molar-refractivity contribution in [3.8, 4) is 0 Å². The Balaban J connectivity index is 2.07. The van der Waals surface area contributed by atoms with Crippen LogP contribution in [-0.4, -0.2) is 41.9 Å². The Labute approximate surface area is 175 Å². The number of rotatable bonds is 10. The molecular formula is C19H23BBrNO5S. The highest BCUT2D eigenvalue weighted by atomic mass is 79.9. The molecule has 0 aromatic heterocycles. The van der Waals surface area contributed by atoms with E-state index in [1.807, 2.05) is 14.8 Å². The molecule has 2 aromatic carbocycles. The van der Waals surface area contributed by atoms with E-state index in [4.69, 9.17) is 8.92 Å². The van der Waals surface area contributed by atoms with Crippen LogP contribution in [0.2, 0.25) is 0 Å². The third kappa shape index (κ3) is 6.74. The van der Waals surface area contributed by atoms with Gasteiger partial charge in [-0.3, -0.25) is 8.98 Å². The van der Waals surface area contributed by atoms with Gasteiger partial charge in [0, 0.05) is 23.2 Å². The third-order valence-corrected chi connectivity index (χ3v) is 5.66. The second kappa shape index (κ2) is 10.8. The maximum absolute atomic E-state index is 12.5. The van der Waals surface area contributed by atoms with Crippen LogP contribution < -0.4 is 10.8 Å². The quantitative estimate of drug-likeness (QED) is 0.327. The molecule has 0 fully saturated rings. The van der Waals surface area contributed by atoms with Crippen molar-refractivity contribution in [1.29, 1.82) is 0 Å². The van der Waals surface area contributed by atoms with E-state index in [0.29, 0.717) is 30.9 Å². The van der Waals surface area contributed by atoms with E-state index in [1.165, 1.54) is 12.1 Å². The van der Waals surface area contributed by atoms with Gasteiger partial charge in [0.15, 0.2) is 0 Å². The summed E-state index contributed by atoms with van der Waals surface area (Å²) < 4.78 is 36.1. The smallest absolute Gasteiger partial charge is 0.297 e. The second-order valence-electron chi connectivity index (χ2n) is 6.20. The molecule has 1 N–H and O–H groups in total. The van der Waals surface area contributed by atoms with Gasteiger partial charge in [-0.25, -0.2) is 0 Å². The predicted octanol–water partition coefficient (Wildman–Crippen LogP) is 1.77. The number of hydrogen-bond donors (Lipinski definition) is 1. The zero-order valence-corrected chi connectivity index (χ0v) is 18.3. The number of benzene rings is 2. The summed E-state index contributed by atoms with van der Waals surface area (Å²) >= 11 is 3.27. The molecule has 0 spiro atoms. The Morgan fingerprint density at radius 2 is 1.86 bits per heavy atom. The molecule has 150 valence electrons. The molecule has 0 aliphatic heterocycles. The summed E-state index contributed by atoms with van der Waals surface area (Å²) in [5.41, 5.74) is 1.79. The van der Waals surface area contributed by atoms with Gasteiger partial charge >= 0.3 is 0 Å². The van der Waals surface area contributed by atoms with Crippen LogP contribution in [0.1, 0.15) is 29.3 Å². The summed E-state index contributed by atoms with van der Waals surface area (Å²) in [5.74, 6) is -0.292. The molecule has 0 radical (unpaired) electrons. The first kappa shape index (κ1) is 22.6. The lowest BCUT2D eigenvalue weighted by Crippen LogP contribution is -2.29. The van der Waals surface area contributed by atoms with E-state index >= 15 is 0 Å². The summed E-state index contributed by atoms with van der Waals surface area (Å²) in [4.78, 5) is 12.5. The molecule has 0 aliphatic carbocycles. The lowest BCUT2D eigenvalue weighted by Gasteiger charge is -2.12. The Hall–Kier alpha value is -1.68. The van der Waals surface area contributed by atoms with Crippen molar-refractivity contribution in [3.63, 3.8) is 0 Å². The molecule has 28 heavy (non-hydrogen) atoms. The Morgan fingerprint density at radius 3 is 2.54 bits per heavy atom. The maximum atomic E-state index is 12.5. The van der Waals surface area contributed by atoms with E-state index in [0.717, 1.165) is 16.4 Å². The number of halogens is 1. The maximum Gasteiger partial charge on any atom is 0.297 e. The fourth-order valence-electron chi connectivity index (χ4n) is 2.45. The molecule has 1 amide bonds. The summed E-state index contributed by atoms with van der Waals surface area (Å²) in [7, 11) is -2.06. The van der Waals surface area contributed by atoms with Crippen LogP contribution in [0.3, 0.4) is 0 Å². The van der Waals surface area contributed by atoms with E-state index in [1.54, 1.807) is 30.3 Å². The summed E-state index contributed by atoms with van der Waals surface area (Å²) in [6.07, 6.45) is 0.917. The molecule has 0 aliphatic rings. The zero-order chi connectivity index (χ0) is 20.6. The third-order valence-electron chi connectivity index (χ3n) is 3.86. The molecule has 9 heteroatoms. The van der Waals surface area contributed by atoms with Crippen molar-refractivity contribution in [2.45, 2.75) is 24.8 Å². The van der Waals surface area contributed by atoms with Gasteiger partial charge in [-0.2, -0.15) is 8.42 Å². The number of hydrogen-bond acceptors (Lipinski definition) is 5. The van der Waals surface area contributed by atoms with Crippen molar-refractivity contribution in [2.24, 2.45) is 0 Å². The number of nitrogens with one attached hydrogen (secondary N) is 1. The molecule has 2 aromatic rings. The molecule has 0 unspecified atom stereocenters. The second-order valence-corrected chi connectivity index (χ2v) is 8.73. The highest BCUT2D eigenvalue weighted by Gasteiger charge is 2.18. The average Bonchev–Trinajstić information content (AvgIpc) is 2.66. The molecule has 2 rings (SSSR count). The average molecular weight is 468 g/mol. The summed E-state index contributed by atoms with van der Waals surface area (Å²) in [6.45, 7) is 3.24. The number of carbonyl (C=O) groups is 1. The molecule has 0 atom stereocenters. The van der Waals surface area contributed by atoms with E-state index in [2.05, 4.69) is 21.2 Å². The first-order chi connectivity index (χ1) is 13.3. The highest BCUT2D eigenvalue weighted by molar-refractivity contribution is 9.10. The van der Waals surface area contributed by atoms with Gasteiger partial charge in [0.2, 0.25) is 0 Å². The van der Waals surface area contributed by atoms with E-state index in [-0.39, 0.29) is 17.4 Å². The minimum absolute atomic E-state index is 0.0578. The first-order valence-corrected chi connectivity index (χ1v) is 11.1. The van der Waals surface area contributed by atoms with Crippen LogP contribution >= 0.6 is 15.9 Å². The fraction of sp³-hybridized carbons (Fsp3) is 0.316. The van der Waals surface area contributed by atoms with E-state index in [9.17, 15) is 13.2 Å².